The number of piperidine rings is 3. The molecule has 3 aliphatic heterocycles. The fourth-order valence-electron chi connectivity index (χ4n) is 10.5. The lowest BCUT2D eigenvalue weighted by Gasteiger charge is -2.40. The molecular weight excluding hydrogens is 874 g/mol. The molecule has 3 aliphatic rings. The Morgan fingerprint density at radius 1 is 0.681 bits per heavy atom. The summed E-state index contributed by atoms with van der Waals surface area (Å²) in [5, 5.41) is 54.1. The number of benzene rings is 3. The number of halogens is 1. The van der Waals surface area contributed by atoms with Crippen LogP contribution in [0.1, 0.15) is 154 Å². The van der Waals surface area contributed by atoms with E-state index in [-0.39, 0.29) is 11.8 Å². The Kier molecular flexibility index (Phi) is 25.2. The molecule has 6 atom stereocenters. The second kappa shape index (κ2) is 30.2. The molecule has 0 saturated carbocycles. The number of aliphatic hydroxyl groups is 3. The minimum absolute atomic E-state index is 0.0207. The van der Waals surface area contributed by atoms with Crippen LogP contribution in [-0.2, 0) is 31.0 Å². The lowest BCUT2D eigenvalue weighted by molar-refractivity contribution is -0.0440. The van der Waals surface area contributed by atoms with Crippen molar-refractivity contribution in [3.8, 4) is 6.07 Å². The molecule has 0 bridgehead atoms. The molecule has 13 heteroatoms. The number of nitrogens with two attached hydrogens (primary N) is 1. The molecule has 0 radical (unpaired) electrons. The number of primary amides is 1. The van der Waals surface area contributed by atoms with Crippen molar-refractivity contribution >= 4 is 5.91 Å². The molecule has 3 fully saturated rings. The Labute approximate surface area is 413 Å². The van der Waals surface area contributed by atoms with Gasteiger partial charge in [0.15, 0.2) is 0 Å². The Bertz CT molecular complexity index is 1980. The fourth-order valence-corrected chi connectivity index (χ4v) is 10.5. The number of nitrogens with zero attached hydrogens (tertiary/aromatic N) is 1. The Balaban J connectivity index is 0.000000225. The molecule has 3 saturated heterocycles. The van der Waals surface area contributed by atoms with Crippen LogP contribution in [0, 0.1) is 34.9 Å². The largest absolute Gasteiger partial charge is 0.385 e. The standard InChI is InChI=1S/C20H33NO2.C18H25FN2O2.C18H28N2O3/c1-16(2)17-8-6-9-18(14-17)20(22,11-4-5-13-23-3)19-10-7-12-21-15-19;1-23-10-3-2-8-18(22,15-5-4-9-21-13-15)17-11-16(19)7-6-14(17)12-20;1-23-11-3-2-9-18(22,16-8-5-10-20-13-16)15-7-4-6-14(12-15)17(19)21/h6,8-9,14,16,19,21-22H,4-5,7,10-13,15H2,1-3H3;6-7,11,15,21-22H,2-5,8-10,13H2,1H3;4,6-7,12,16,20,22H,2-3,5,8-11,13H2,1H3,(H2,19,21)/t19-,20-;15-,18+;16-,18-/m111/s1. The predicted octanol–water partition coefficient (Wildman–Crippen LogP) is 8.30. The molecule has 0 unspecified atom stereocenters. The van der Waals surface area contributed by atoms with E-state index in [2.05, 4.69) is 60.1 Å². The number of hydrogen-bond donors (Lipinski definition) is 7. The van der Waals surface area contributed by atoms with E-state index in [0.29, 0.717) is 61.1 Å². The number of unbranched alkanes of at least 4 members (excludes halogenated alkanes) is 3. The number of ether oxygens (including phenoxy) is 3. The first kappa shape index (κ1) is 57.8. The van der Waals surface area contributed by atoms with E-state index in [1.807, 2.05) is 6.07 Å². The summed E-state index contributed by atoms with van der Waals surface area (Å²) in [5.74, 6) is 0.0152. The molecule has 6 rings (SSSR count). The molecule has 3 aromatic carbocycles. The van der Waals surface area contributed by atoms with Gasteiger partial charge in [-0.15, -0.1) is 0 Å². The third-order valence-electron chi connectivity index (χ3n) is 14.7. The summed E-state index contributed by atoms with van der Waals surface area (Å²) in [6, 6.07) is 21.9. The topological polar surface area (TPSA) is 191 Å². The van der Waals surface area contributed by atoms with Crippen molar-refractivity contribution in [2.45, 2.75) is 133 Å². The highest BCUT2D eigenvalue weighted by Gasteiger charge is 2.42. The molecule has 1 amide bonds. The molecule has 12 nitrogen and oxygen atoms in total. The van der Waals surface area contributed by atoms with E-state index >= 15 is 0 Å². The van der Waals surface area contributed by atoms with Gasteiger partial charge < -0.3 is 51.2 Å². The minimum Gasteiger partial charge on any atom is -0.385 e. The lowest BCUT2D eigenvalue weighted by Crippen LogP contribution is -2.44. The summed E-state index contributed by atoms with van der Waals surface area (Å²) < 4.78 is 29.1. The van der Waals surface area contributed by atoms with E-state index in [0.717, 1.165) is 134 Å². The normalized spacial score (nSPS) is 21.0. The zero-order valence-electron chi connectivity index (χ0n) is 42.5. The molecule has 0 aliphatic carbocycles. The van der Waals surface area contributed by atoms with E-state index in [1.54, 1.807) is 39.5 Å². The number of hydrogen-bond acceptors (Lipinski definition) is 11. The Hall–Kier alpha value is -3.81. The second-order valence-electron chi connectivity index (χ2n) is 19.8. The van der Waals surface area contributed by atoms with Crippen molar-refractivity contribution in [2.75, 3.05) is 80.4 Å². The van der Waals surface area contributed by atoms with Gasteiger partial charge in [0.2, 0.25) is 5.91 Å². The van der Waals surface area contributed by atoms with Crippen LogP contribution in [0.25, 0.3) is 0 Å². The fraction of sp³-hybridized carbons (Fsp3) is 0.643. The van der Waals surface area contributed by atoms with Crippen LogP contribution >= 0.6 is 0 Å². The molecular formula is C56H86FN5O7. The number of nitriles is 1. The van der Waals surface area contributed by atoms with Crippen LogP contribution in [-0.4, -0.2) is 102 Å². The summed E-state index contributed by atoms with van der Waals surface area (Å²) in [6.45, 7) is 11.9. The van der Waals surface area contributed by atoms with E-state index in [9.17, 15) is 29.8 Å². The third kappa shape index (κ3) is 17.2. The Morgan fingerprint density at radius 3 is 1.55 bits per heavy atom. The highest BCUT2D eigenvalue weighted by atomic mass is 19.1. The van der Waals surface area contributed by atoms with Gasteiger partial charge in [-0.3, -0.25) is 4.79 Å². The second-order valence-corrected chi connectivity index (χ2v) is 19.8. The van der Waals surface area contributed by atoms with Crippen LogP contribution in [0.4, 0.5) is 4.39 Å². The Morgan fingerprint density at radius 2 is 1.13 bits per heavy atom. The summed E-state index contributed by atoms with van der Waals surface area (Å²) >= 11 is 0. The molecule has 69 heavy (non-hydrogen) atoms. The number of carbonyl (C=O) groups is 1. The van der Waals surface area contributed by atoms with Gasteiger partial charge in [0.25, 0.3) is 0 Å². The molecule has 0 aromatic heterocycles. The molecule has 3 aromatic rings. The molecule has 0 spiro atoms. The molecule has 384 valence electrons. The van der Waals surface area contributed by atoms with E-state index in [1.165, 1.54) is 23.8 Å². The zero-order valence-corrected chi connectivity index (χ0v) is 42.5. The lowest BCUT2D eigenvalue weighted by atomic mass is 9.73. The van der Waals surface area contributed by atoms with Gasteiger partial charge in [0.05, 0.1) is 28.4 Å². The summed E-state index contributed by atoms with van der Waals surface area (Å²) in [4.78, 5) is 11.5. The first-order chi connectivity index (χ1) is 33.3. The zero-order chi connectivity index (χ0) is 50.1. The van der Waals surface area contributed by atoms with Crippen molar-refractivity contribution in [2.24, 2.45) is 23.5 Å². The first-order valence-electron chi connectivity index (χ1n) is 25.7. The smallest absolute Gasteiger partial charge is 0.248 e. The summed E-state index contributed by atoms with van der Waals surface area (Å²) in [5.41, 5.74) is 6.95. The van der Waals surface area contributed by atoms with Crippen molar-refractivity contribution in [1.29, 1.82) is 5.26 Å². The number of nitrogens with one attached hydrogen (secondary N) is 3. The highest BCUT2D eigenvalue weighted by molar-refractivity contribution is 5.92. The van der Waals surface area contributed by atoms with Crippen LogP contribution in [0.5, 0.6) is 0 Å². The van der Waals surface area contributed by atoms with Gasteiger partial charge in [-0.1, -0.05) is 50.2 Å². The van der Waals surface area contributed by atoms with Crippen LogP contribution in [0.3, 0.4) is 0 Å². The van der Waals surface area contributed by atoms with Crippen molar-refractivity contribution < 1.29 is 38.7 Å². The highest BCUT2D eigenvalue weighted by Crippen LogP contribution is 2.42. The van der Waals surface area contributed by atoms with Gasteiger partial charge in [-0.2, -0.15) is 5.26 Å². The average Bonchev–Trinajstić information content (AvgIpc) is 3.39. The van der Waals surface area contributed by atoms with Crippen LogP contribution < -0.4 is 21.7 Å². The predicted molar refractivity (Wildman–Crippen MR) is 272 cm³/mol. The average molecular weight is 960 g/mol. The van der Waals surface area contributed by atoms with Crippen molar-refractivity contribution in [3.05, 3.63) is 106 Å². The SMILES string of the molecule is COCCCC[C@@](O)(c1cc(F)ccc1C#N)[C@@H]1CCCNC1.COCCCC[C@@](O)(c1cccc(C(C)C)c1)[C@@H]1CCCNC1.COCCCC[C@@](O)(c1cccc(C(N)=O)c1)[C@@H]1CCCNC1. The maximum Gasteiger partial charge on any atom is 0.248 e. The minimum atomic E-state index is -1.19. The monoisotopic (exact) mass is 960 g/mol. The third-order valence-corrected chi connectivity index (χ3v) is 14.7. The van der Waals surface area contributed by atoms with Gasteiger partial charge in [0, 0.05) is 89.7 Å². The summed E-state index contributed by atoms with van der Waals surface area (Å²) in [7, 11) is 5.08. The van der Waals surface area contributed by atoms with Gasteiger partial charge in [-0.05, 0) is 169 Å². The maximum atomic E-state index is 13.8. The van der Waals surface area contributed by atoms with Gasteiger partial charge in [-0.25, -0.2) is 4.39 Å². The van der Waals surface area contributed by atoms with Gasteiger partial charge >= 0.3 is 0 Å². The maximum absolute atomic E-state index is 13.8. The number of rotatable bonds is 23. The summed E-state index contributed by atoms with van der Waals surface area (Å²) in [6.07, 6.45) is 13.5. The van der Waals surface area contributed by atoms with Crippen LogP contribution in [0.15, 0.2) is 66.7 Å². The number of carbonyl (C=O) groups excluding carboxylic acids is 1. The first-order valence-corrected chi connectivity index (χ1v) is 25.7. The van der Waals surface area contributed by atoms with Crippen molar-refractivity contribution in [3.63, 3.8) is 0 Å². The van der Waals surface area contributed by atoms with Crippen molar-refractivity contribution in [1.82, 2.24) is 16.0 Å². The quantitative estimate of drug-likeness (QED) is 0.0453. The number of amides is 1. The molecule has 8 N–H and O–H groups in total. The van der Waals surface area contributed by atoms with E-state index in [4.69, 9.17) is 19.9 Å². The van der Waals surface area contributed by atoms with Crippen LogP contribution in [0.2, 0.25) is 0 Å². The number of methoxy groups -OCH3 is 3. The molecule has 3 heterocycles. The van der Waals surface area contributed by atoms with E-state index < -0.39 is 28.5 Å². The van der Waals surface area contributed by atoms with Gasteiger partial charge in [0.1, 0.15) is 5.82 Å².